The standard InChI is InChI=1S/C38H40F6N4O4S/c1-52-28-12-7-17-48(22-28)27-15-18-47(19-16-27)23-31-33(36(49)46-35(38(42,43)44)24-8-4-3-5-9-24)30-21-29(53(2,50)51)13-14-32(30)45-34(31)25-10-6-11-26(20-25)37(39,40)41/h3-6,8-11,13-14,20-21,27-28,35H,7,12,15-19,22-23H2,1-2H3,(H,46,49). The van der Waals surface area contributed by atoms with Crippen molar-refractivity contribution in [2.75, 3.05) is 39.5 Å². The van der Waals surface area contributed by atoms with E-state index in [1.165, 1.54) is 60.7 Å². The fourth-order valence-corrected chi connectivity index (χ4v) is 8.01. The van der Waals surface area contributed by atoms with Gasteiger partial charge in [0.2, 0.25) is 0 Å². The van der Waals surface area contributed by atoms with Crippen LogP contribution in [0.3, 0.4) is 0 Å². The second kappa shape index (κ2) is 15.4. The summed E-state index contributed by atoms with van der Waals surface area (Å²) in [7, 11) is -2.17. The molecule has 3 aromatic carbocycles. The Morgan fingerprint density at radius 1 is 0.943 bits per heavy atom. The van der Waals surface area contributed by atoms with E-state index in [4.69, 9.17) is 4.74 Å². The number of alkyl halides is 6. The molecule has 4 aromatic rings. The predicted molar refractivity (Wildman–Crippen MR) is 188 cm³/mol. The molecule has 0 spiro atoms. The molecule has 8 nitrogen and oxygen atoms in total. The molecular weight excluding hydrogens is 722 g/mol. The number of pyridine rings is 1. The van der Waals surface area contributed by atoms with Gasteiger partial charge in [-0.3, -0.25) is 14.6 Å². The van der Waals surface area contributed by atoms with Gasteiger partial charge in [0.1, 0.15) is 0 Å². The average molecular weight is 763 g/mol. The number of sulfone groups is 1. The Labute approximate surface area is 304 Å². The largest absolute Gasteiger partial charge is 0.416 e. The first-order valence-corrected chi connectivity index (χ1v) is 19.2. The topological polar surface area (TPSA) is 91.8 Å². The summed E-state index contributed by atoms with van der Waals surface area (Å²) in [6.07, 6.45) is -5.11. The van der Waals surface area contributed by atoms with Gasteiger partial charge in [0, 0.05) is 49.0 Å². The molecule has 0 aliphatic carbocycles. The van der Waals surface area contributed by atoms with Crippen molar-refractivity contribution in [1.82, 2.24) is 20.1 Å². The van der Waals surface area contributed by atoms with E-state index in [0.29, 0.717) is 13.1 Å². The van der Waals surface area contributed by atoms with Crippen molar-refractivity contribution in [2.24, 2.45) is 0 Å². The van der Waals surface area contributed by atoms with E-state index in [1.54, 1.807) is 7.11 Å². The van der Waals surface area contributed by atoms with Crippen molar-refractivity contribution >= 4 is 26.6 Å². The van der Waals surface area contributed by atoms with Crippen molar-refractivity contribution in [3.8, 4) is 11.3 Å². The zero-order chi connectivity index (χ0) is 38.1. The van der Waals surface area contributed by atoms with Crippen molar-refractivity contribution in [2.45, 2.75) is 67.7 Å². The van der Waals surface area contributed by atoms with Gasteiger partial charge in [-0.1, -0.05) is 42.5 Å². The van der Waals surface area contributed by atoms with Crippen molar-refractivity contribution in [3.05, 3.63) is 95.1 Å². The molecule has 2 aliphatic heterocycles. The monoisotopic (exact) mass is 762 g/mol. The number of carbonyl (C=O) groups excluding carboxylic acids is 1. The number of hydrogen-bond acceptors (Lipinski definition) is 7. The molecule has 2 aliphatic rings. The number of carbonyl (C=O) groups is 1. The maximum Gasteiger partial charge on any atom is 0.416 e. The maximum absolute atomic E-state index is 14.6. The Kier molecular flexibility index (Phi) is 11.2. The first-order chi connectivity index (χ1) is 25.0. The minimum atomic E-state index is -4.93. The molecule has 0 saturated carbocycles. The van der Waals surface area contributed by atoms with E-state index in [1.807, 2.05) is 4.90 Å². The van der Waals surface area contributed by atoms with Gasteiger partial charge < -0.3 is 10.1 Å². The van der Waals surface area contributed by atoms with Crippen molar-refractivity contribution in [3.63, 3.8) is 0 Å². The number of nitrogens with zero attached hydrogens (tertiary/aromatic N) is 3. The minimum absolute atomic E-state index is 0.00204. The highest BCUT2D eigenvalue weighted by molar-refractivity contribution is 7.90. The summed E-state index contributed by atoms with van der Waals surface area (Å²) < 4.78 is 117. The third kappa shape index (κ3) is 8.85. The number of ether oxygens (including phenoxy) is 1. The lowest BCUT2D eigenvalue weighted by Gasteiger charge is -2.42. The van der Waals surface area contributed by atoms with E-state index in [-0.39, 0.29) is 62.4 Å². The van der Waals surface area contributed by atoms with E-state index in [0.717, 1.165) is 57.2 Å². The van der Waals surface area contributed by atoms with Gasteiger partial charge in [0.25, 0.3) is 5.91 Å². The van der Waals surface area contributed by atoms with Crippen LogP contribution in [0.4, 0.5) is 26.3 Å². The molecule has 3 heterocycles. The van der Waals surface area contributed by atoms with Crippen LogP contribution in [0.15, 0.2) is 77.7 Å². The van der Waals surface area contributed by atoms with Gasteiger partial charge in [0.05, 0.1) is 33.3 Å². The normalized spacial score (nSPS) is 19.0. The number of nitrogens with one attached hydrogen (secondary N) is 1. The molecule has 284 valence electrons. The Morgan fingerprint density at radius 3 is 2.30 bits per heavy atom. The van der Waals surface area contributed by atoms with Crippen LogP contribution in [-0.2, 0) is 27.3 Å². The summed E-state index contributed by atoms with van der Waals surface area (Å²) >= 11 is 0. The molecule has 2 atom stereocenters. The Morgan fingerprint density at radius 2 is 1.66 bits per heavy atom. The maximum atomic E-state index is 14.6. The van der Waals surface area contributed by atoms with E-state index < -0.39 is 39.7 Å². The van der Waals surface area contributed by atoms with Gasteiger partial charge in [0.15, 0.2) is 15.9 Å². The van der Waals surface area contributed by atoms with Crippen LogP contribution in [0.2, 0.25) is 0 Å². The number of aromatic nitrogens is 1. The third-order valence-corrected chi connectivity index (χ3v) is 11.2. The number of likely N-dealkylation sites (tertiary alicyclic amines) is 2. The number of piperidine rings is 2. The molecule has 53 heavy (non-hydrogen) atoms. The van der Waals surface area contributed by atoms with Gasteiger partial charge in [-0.05, 0) is 81.2 Å². The number of hydrogen-bond donors (Lipinski definition) is 1. The summed E-state index contributed by atoms with van der Waals surface area (Å²) in [5.74, 6) is -1.17. The number of halogens is 6. The minimum Gasteiger partial charge on any atom is -0.380 e. The Balaban J connectivity index is 1.49. The van der Waals surface area contributed by atoms with Crippen LogP contribution in [0.5, 0.6) is 0 Å². The SMILES string of the molecule is COC1CCCN(C2CCN(Cc3c(-c4cccc(C(F)(F)F)c4)nc4ccc(S(C)(=O)=O)cc4c3C(=O)NC(c3ccccc3)C(F)(F)F)CC2)C1. The molecule has 1 amide bonds. The summed E-state index contributed by atoms with van der Waals surface area (Å²) in [6, 6.07) is 12.7. The smallest absolute Gasteiger partial charge is 0.380 e. The third-order valence-electron chi connectivity index (χ3n) is 10.1. The summed E-state index contributed by atoms with van der Waals surface area (Å²) in [5, 5.41) is 2.09. The summed E-state index contributed by atoms with van der Waals surface area (Å²) in [4.78, 5) is 23.3. The van der Waals surface area contributed by atoms with E-state index >= 15 is 0 Å². The molecule has 6 rings (SSSR count). The zero-order valence-electron chi connectivity index (χ0n) is 29.2. The molecule has 15 heteroatoms. The molecule has 1 aromatic heterocycles. The number of fused-ring (bicyclic) bond motifs is 1. The van der Waals surface area contributed by atoms with Gasteiger partial charge in [-0.15, -0.1) is 0 Å². The van der Waals surface area contributed by atoms with Crippen LogP contribution < -0.4 is 5.32 Å². The highest BCUT2D eigenvalue weighted by Crippen LogP contribution is 2.38. The predicted octanol–water partition coefficient (Wildman–Crippen LogP) is 7.43. The summed E-state index contributed by atoms with van der Waals surface area (Å²) in [5.41, 5.74) is -1.41. The fourth-order valence-electron chi connectivity index (χ4n) is 7.37. The summed E-state index contributed by atoms with van der Waals surface area (Å²) in [6.45, 7) is 2.73. The number of rotatable bonds is 9. The first kappa shape index (κ1) is 38.7. The molecule has 0 radical (unpaired) electrons. The molecule has 1 N–H and O–H groups in total. The number of benzene rings is 3. The number of methoxy groups -OCH3 is 1. The van der Waals surface area contributed by atoms with Crippen LogP contribution in [0.25, 0.3) is 22.2 Å². The Hall–Kier alpha value is -4.05. The molecule has 0 bridgehead atoms. The lowest BCUT2D eigenvalue weighted by atomic mass is 9.93. The fraction of sp³-hybridized carbons (Fsp3) is 0.421. The lowest BCUT2D eigenvalue weighted by molar-refractivity contribution is -0.155. The highest BCUT2D eigenvalue weighted by Gasteiger charge is 2.43. The van der Waals surface area contributed by atoms with Crippen LogP contribution in [0, 0.1) is 0 Å². The van der Waals surface area contributed by atoms with Crippen molar-refractivity contribution < 1.29 is 44.3 Å². The average Bonchev–Trinajstić information content (AvgIpc) is 3.12. The van der Waals surface area contributed by atoms with Crippen LogP contribution >= 0.6 is 0 Å². The quantitative estimate of drug-likeness (QED) is 0.178. The van der Waals surface area contributed by atoms with Crippen molar-refractivity contribution in [1.29, 1.82) is 0 Å². The molecular formula is C38H40F6N4O4S. The van der Waals surface area contributed by atoms with Gasteiger partial charge in [-0.2, -0.15) is 26.3 Å². The molecule has 2 unspecified atom stereocenters. The second-order valence-electron chi connectivity index (χ2n) is 13.7. The molecule has 2 saturated heterocycles. The van der Waals surface area contributed by atoms with Gasteiger partial charge in [-0.25, -0.2) is 13.4 Å². The van der Waals surface area contributed by atoms with Crippen LogP contribution in [0.1, 0.15) is 58.8 Å². The second-order valence-corrected chi connectivity index (χ2v) is 15.7. The van der Waals surface area contributed by atoms with E-state index in [2.05, 4.69) is 15.2 Å². The molecule has 2 fully saturated rings. The first-order valence-electron chi connectivity index (χ1n) is 17.3. The highest BCUT2D eigenvalue weighted by atomic mass is 32.2. The zero-order valence-corrected chi connectivity index (χ0v) is 30.0. The van der Waals surface area contributed by atoms with Gasteiger partial charge >= 0.3 is 12.4 Å². The van der Waals surface area contributed by atoms with Crippen LogP contribution in [-0.4, -0.2) is 87.0 Å². The van der Waals surface area contributed by atoms with E-state index in [9.17, 15) is 39.6 Å². The lowest BCUT2D eigenvalue weighted by Crippen LogP contribution is -2.49. The number of amides is 1. The Bertz CT molecular complexity index is 2050.